The van der Waals surface area contributed by atoms with Crippen LogP contribution < -0.4 is 10.6 Å². The number of thiazole rings is 1. The van der Waals surface area contributed by atoms with E-state index < -0.39 is 0 Å². The Balaban J connectivity index is 1.57. The van der Waals surface area contributed by atoms with Crippen LogP contribution >= 0.6 is 23.1 Å². The van der Waals surface area contributed by atoms with Gasteiger partial charge in [-0.2, -0.15) is 0 Å². The molecule has 0 unspecified atom stereocenters. The van der Waals surface area contributed by atoms with Gasteiger partial charge in [0, 0.05) is 37.0 Å². The van der Waals surface area contributed by atoms with Gasteiger partial charge in [0.15, 0.2) is 5.96 Å². The first-order chi connectivity index (χ1) is 10.3. The minimum absolute atomic E-state index is 0.595. The first-order valence-corrected chi connectivity index (χ1v) is 9.64. The van der Waals surface area contributed by atoms with E-state index in [1.54, 1.807) is 11.3 Å². The molecular formula is C15H26N4S2. The first-order valence-electron chi connectivity index (χ1n) is 7.77. The molecule has 1 aromatic rings. The number of hydrogen-bond acceptors (Lipinski definition) is 4. The van der Waals surface area contributed by atoms with E-state index in [2.05, 4.69) is 27.5 Å². The number of aliphatic imine (C=N–C) groups is 1. The summed E-state index contributed by atoms with van der Waals surface area (Å²) in [5, 5.41) is 8.99. The largest absolute Gasteiger partial charge is 0.356 e. The topological polar surface area (TPSA) is 49.3 Å². The Hall–Kier alpha value is -0.750. The lowest BCUT2D eigenvalue weighted by molar-refractivity contribution is 0.329. The minimum Gasteiger partial charge on any atom is -0.356 e. The molecule has 2 N–H and O–H groups in total. The molecule has 4 nitrogen and oxygen atoms in total. The number of rotatable bonds is 6. The van der Waals surface area contributed by atoms with Gasteiger partial charge in [0.05, 0.1) is 0 Å². The lowest BCUT2D eigenvalue weighted by Gasteiger charge is -2.28. The second-order valence-electron chi connectivity index (χ2n) is 5.60. The van der Waals surface area contributed by atoms with Gasteiger partial charge in [-0.25, -0.2) is 4.98 Å². The Kier molecular flexibility index (Phi) is 7.36. The summed E-state index contributed by atoms with van der Waals surface area (Å²) in [5.74, 6) is 2.94. The Labute approximate surface area is 136 Å². The van der Waals surface area contributed by atoms with Gasteiger partial charge in [-0.05, 0) is 38.0 Å². The summed E-state index contributed by atoms with van der Waals surface area (Å²) in [7, 11) is 1.85. The average molecular weight is 327 g/mol. The number of hydrogen-bond donors (Lipinski definition) is 2. The fourth-order valence-corrected chi connectivity index (χ4v) is 4.16. The highest BCUT2D eigenvalue weighted by Crippen LogP contribution is 2.23. The summed E-state index contributed by atoms with van der Waals surface area (Å²) in [6, 6.07) is 0.595. The van der Waals surface area contributed by atoms with E-state index >= 15 is 0 Å². The molecule has 1 saturated carbocycles. The molecule has 0 amide bonds. The SMILES string of the molecule is CN=C(NCCCSc1nccs1)NC1CCC(C)CC1. The van der Waals surface area contributed by atoms with Gasteiger partial charge in [-0.1, -0.05) is 18.7 Å². The van der Waals surface area contributed by atoms with Gasteiger partial charge in [-0.15, -0.1) is 11.3 Å². The van der Waals surface area contributed by atoms with Gasteiger partial charge < -0.3 is 10.6 Å². The maximum absolute atomic E-state index is 4.33. The highest BCUT2D eigenvalue weighted by atomic mass is 32.2. The van der Waals surface area contributed by atoms with E-state index in [1.807, 2.05) is 30.4 Å². The molecule has 1 heterocycles. The van der Waals surface area contributed by atoms with Crippen LogP contribution in [0.25, 0.3) is 0 Å². The molecule has 0 spiro atoms. The third-order valence-electron chi connectivity index (χ3n) is 3.83. The molecule has 21 heavy (non-hydrogen) atoms. The molecule has 118 valence electrons. The Bertz CT molecular complexity index is 411. The molecular weight excluding hydrogens is 300 g/mol. The quantitative estimate of drug-likeness (QED) is 0.364. The zero-order valence-corrected chi connectivity index (χ0v) is 14.6. The van der Waals surface area contributed by atoms with Crippen LogP contribution in [-0.2, 0) is 0 Å². The fourth-order valence-electron chi connectivity index (χ4n) is 2.51. The maximum atomic E-state index is 4.33. The molecule has 0 atom stereocenters. The van der Waals surface area contributed by atoms with Crippen molar-refractivity contribution < 1.29 is 0 Å². The van der Waals surface area contributed by atoms with Crippen LogP contribution in [0.15, 0.2) is 20.9 Å². The van der Waals surface area contributed by atoms with Crippen LogP contribution in [0, 0.1) is 5.92 Å². The molecule has 1 fully saturated rings. The van der Waals surface area contributed by atoms with Gasteiger partial charge in [0.1, 0.15) is 4.34 Å². The summed E-state index contributed by atoms with van der Waals surface area (Å²) in [6.07, 6.45) is 8.18. The van der Waals surface area contributed by atoms with Crippen molar-refractivity contribution in [2.75, 3.05) is 19.3 Å². The van der Waals surface area contributed by atoms with Crippen LogP contribution in [0.2, 0.25) is 0 Å². The zero-order chi connectivity index (χ0) is 14.9. The number of aromatic nitrogens is 1. The second kappa shape index (κ2) is 9.30. The molecule has 0 aromatic carbocycles. The van der Waals surface area contributed by atoms with E-state index in [-0.39, 0.29) is 0 Å². The summed E-state index contributed by atoms with van der Waals surface area (Å²) in [6.45, 7) is 3.31. The molecule has 6 heteroatoms. The molecule has 1 aliphatic rings. The Morgan fingerprint density at radius 3 is 2.90 bits per heavy atom. The molecule has 1 aromatic heterocycles. The summed E-state index contributed by atoms with van der Waals surface area (Å²) in [4.78, 5) is 8.60. The number of guanidine groups is 1. The predicted octanol–water partition coefficient (Wildman–Crippen LogP) is 3.37. The van der Waals surface area contributed by atoms with Crippen molar-refractivity contribution in [1.29, 1.82) is 0 Å². The monoisotopic (exact) mass is 326 g/mol. The van der Waals surface area contributed by atoms with Crippen molar-refractivity contribution in [2.24, 2.45) is 10.9 Å². The van der Waals surface area contributed by atoms with E-state index in [9.17, 15) is 0 Å². The third kappa shape index (κ3) is 6.26. The van der Waals surface area contributed by atoms with E-state index in [1.165, 1.54) is 25.7 Å². The smallest absolute Gasteiger partial charge is 0.191 e. The van der Waals surface area contributed by atoms with Crippen LogP contribution in [0.4, 0.5) is 0 Å². The fraction of sp³-hybridized carbons (Fsp3) is 0.733. The van der Waals surface area contributed by atoms with Gasteiger partial charge in [0.2, 0.25) is 0 Å². The lowest BCUT2D eigenvalue weighted by Crippen LogP contribution is -2.45. The maximum Gasteiger partial charge on any atom is 0.191 e. The first kappa shape index (κ1) is 16.6. The van der Waals surface area contributed by atoms with Crippen molar-refractivity contribution in [2.45, 2.75) is 49.4 Å². The van der Waals surface area contributed by atoms with Gasteiger partial charge in [0.25, 0.3) is 0 Å². The van der Waals surface area contributed by atoms with Crippen molar-refractivity contribution in [1.82, 2.24) is 15.6 Å². The zero-order valence-electron chi connectivity index (χ0n) is 13.0. The van der Waals surface area contributed by atoms with E-state index in [4.69, 9.17) is 0 Å². The summed E-state index contributed by atoms with van der Waals surface area (Å²) >= 11 is 3.54. The highest BCUT2D eigenvalue weighted by molar-refractivity contribution is 8.00. The number of nitrogens with zero attached hydrogens (tertiary/aromatic N) is 2. The van der Waals surface area contributed by atoms with Crippen LogP contribution in [0.1, 0.15) is 39.0 Å². The van der Waals surface area contributed by atoms with E-state index in [0.717, 1.165) is 34.9 Å². The molecule has 0 bridgehead atoms. The lowest BCUT2D eigenvalue weighted by atomic mass is 9.87. The Morgan fingerprint density at radius 1 is 1.43 bits per heavy atom. The summed E-state index contributed by atoms with van der Waals surface area (Å²) in [5.41, 5.74) is 0. The normalized spacial score (nSPS) is 23.0. The molecule has 0 saturated heterocycles. The minimum atomic E-state index is 0.595. The standard InChI is InChI=1S/C15H26N4S2/c1-12-4-6-13(7-5-12)19-14(16-2)17-8-3-10-20-15-18-9-11-21-15/h9,11-13H,3-8,10H2,1-2H3,(H2,16,17,19). The number of nitrogens with one attached hydrogen (secondary N) is 2. The molecule has 1 aliphatic carbocycles. The van der Waals surface area contributed by atoms with Gasteiger partial charge >= 0.3 is 0 Å². The molecule has 0 radical (unpaired) electrons. The van der Waals surface area contributed by atoms with Crippen LogP contribution in [-0.4, -0.2) is 36.3 Å². The van der Waals surface area contributed by atoms with Gasteiger partial charge in [-0.3, -0.25) is 4.99 Å². The molecule has 0 aliphatic heterocycles. The van der Waals surface area contributed by atoms with Crippen molar-refractivity contribution >= 4 is 29.1 Å². The van der Waals surface area contributed by atoms with Crippen molar-refractivity contribution in [3.63, 3.8) is 0 Å². The highest BCUT2D eigenvalue weighted by Gasteiger charge is 2.18. The number of thioether (sulfide) groups is 1. The Morgan fingerprint density at radius 2 is 2.24 bits per heavy atom. The third-order valence-corrected chi connectivity index (χ3v) is 5.88. The average Bonchev–Trinajstić information content (AvgIpc) is 3.01. The molecule has 2 rings (SSSR count). The van der Waals surface area contributed by atoms with Crippen LogP contribution in [0.5, 0.6) is 0 Å². The van der Waals surface area contributed by atoms with Crippen molar-refractivity contribution in [3.8, 4) is 0 Å². The summed E-state index contributed by atoms with van der Waals surface area (Å²) < 4.78 is 1.16. The second-order valence-corrected chi connectivity index (χ2v) is 7.84. The van der Waals surface area contributed by atoms with Crippen LogP contribution in [0.3, 0.4) is 0 Å². The van der Waals surface area contributed by atoms with Crippen molar-refractivity contribution in [3.05, 3.63) is 11.6 Å². The van der Waals surface area contributed by atoms with E-state index in [0.29, 0.717) is 6.04 Å². The predicted molar refractivity (Wildman–Crippen MR) is 93.4 cm³/mol.